The van der Waals surface area contributed by atoms with Crippen LogP contribution in [0.3, 0.4) is 0 Å². The summed E-state index contributed by atoms with van der Waals surface area (Å²) in [6.45, 7) is 8.35. The van der Waals surface area contributed by atoms with Crippen LogP contribution in [0.5, 0.6) is 0 Å². The summed E-state index contributed by atoms with van der Waals surface area (Å²) in [4.78, 5) is 0. The van der Waals surface area contributed by atoms with Gasteiger partial charge in [-0.25, -0.2) is 0 Å². The second-order valence-electron chi connectivity index (χ2n) is 4.57. The van der Waals surface area contributed by atoms with Gasteiger partial charge in [0.1, 0.15) is 0 Å². The maximum absolute atomic E-state index is 6.12. The van der Waals surface area contributed by atoms with E-state index >= 15 is 0 Å². The van der Waals surface area contributed by atoms with Gasteiger partial charge in [0.25, 0.3) is 0 Å². The molecule has 0 aliphatic rings. The van der Waals surface area contributed by atoms with Crippen LogP contribution in [0, 0.1) is 0 Å². The number of benzene rings is 1. The molecule has 0 saturated carbocycles. The summed E-state index contributed by atoms with van der Waals surface area (Å²) in [6, 6.07) is 8.30. The monoisotopic (exact) mass is 313 g/mol. The van der Waals surface area contributed by atoms with Gasteiger partial charge in [0.05, 0.1) is 12.2 Å². The smallest absolute Gasteiger partial charge is 0.0963 e. The summed E-state index contributed by atoms with van der Waals surface area (Å²) >= 11 is 3.61. The minimum Gasteiger partial charge on any atom is -0.369 e. The minimum atomic E-state index is 0.113. The Labute approximate surface area is 119 Å². The lowest BCUT2D eigenvalue weighted by Gasteiger charge is -2.23. The summed E-state index contributed by atoms with van der Waals surface area (Å²) in [6.07, 6.45) is 2.58. The van der Waals surface area contributed by atoms with Gasteiger partial charge in [-0.15, -0.1) is 0 Å². The molecule has 0 amide bonds. The number of hydrogen-bond acceptors (Lipinski definition) is 2. The highest BCUT2D eigenvalue weighted by atomic mass is 79.9. The van der Waals surface area contributed by atoms with Gasteiger partial charge in [0.15, 0.2) is 0 Å². The van der Waals surface area contributed by atoms with Crippen LogP contribution < -0.4 is 5.32 Å². The average molecular weight is 314 g/mol. The van der Waals surface area contributed by atoms with Gasteiger partial charge < -0.3 is 10.1 Å². The third kappa shape index (κ3) is 5.09. The molecule has 0 heterocycles. The highest BCUT2D eigenvalue weighted by Crippen LogP contribution is 2.26. The van der Waals surface area contributed by atoms with Crippen LogP contribution in [0.25, 0.3) is 0 Å². The second kappa shape index (κ2) is 8.68. The van der Waals surface area contributed by atoms with E-state index < -0.39 is 0 Å². The number of hydrogen-bond donors (Lipinski definition) is 1. The molecule has 18 heavy (non-hydrogen) atoms. The van der Waals surface area contributed by atoms with Gasteiger partial charge >= 0.3 is 0 Å². The van der Waals surface area contributed by atoms with E-state index in [4.69, 9.17) is 4.74 Å². The molecule has 2 nitrogen and oxygen atoms in total. The van der Waals surface area contributed by atoms with Crippen LogP contribution in [0.4, 0.5) is 0 Å². The molecule has 1 aromatic rings. The molecule has 0 spiro atoms. The fraction of sp³-hybridized carbons (Fsp3) is 0.600. The van der Waals surface area contributed by atoms with Gasteiger partial charge in [-0.1, -0.05) is 48.0 Å². The predicted octanol–water partition coefficient (Wildman–Crippen LogP) is 4.30. The first-order valence-electron chi connectivity index (χ1n) is 6.79. The summed E-state index contributed by atoms with van der Waals surface area (Å²) in [5.74, 6) is 0. The van der Waals surface area contributed by atoms with Crippen LogP contribution in [-0.4, -0.2) is 19.2 Å². The van der Waals surface area contributed by atoms with Gasteiger partial charge in [-0.05, 0) is 37.9 Å². The molecule has 0 aliphatic carbocycles. The normalized spacial score (nSPS) is 14.4. The van der Waals surface area contributed by atoms with Crippen molar-refractivity contribution in [1.82, 2.24) is 5.32 Å². The molecule has 0 aliphatic heterocycles. The SMILES string of the molecule is CCCNCC(OC(C)CC)c1ccccc1Br. The first-order chi connectivity index (χ1) is 8.69. The lowest BCUT2D eigenvalue weighted by atomic mass is 10.1. The highest BCUT2D eigenvalue weighted by molar-refractivity contribution is 9.10. The van der Waals surface area contributed by atoms with E-state index in [9.17, 15) is 0 Å². The Bertz CT molecular complexity index is 343. The van der Waals surface area contributed by atoms with Crippen molar-refractivity contribution in [2.45, 2.75) is 45.8 Å². The van der Waals surface area contributed by atoms with Gasteiger partial charge in [-0.2, -0.15) is 0 Å². The third-order valence-electron chi connectivity index (χ3n) is 2.98. The van der Waals surface area contributed by atoms with Crippen LogP contribution in [0.15, 0.2) is 28.7 Å². The highest BCUT2D eigenvalue weighted by Gasteiger charge is 2.16. The summed E-state index contributed by atoms with van der Waals surface area (Å²) in [7, 11) is 0. The molecule has 0 aromatic heterocycles. The quantitative estimate of drug-likeness (QED) is 0.722. The zero-order valence-corrected chi connectivity index (χ0v) is 13.2. The van der Waals surface area contributed by atoms with Crippen LogP contribution >= 0.6 is 15.9 Å². The Morgan fingerprint density at radius 1 is 1.28 bits per heavy atom. The molecule has 2 atom stereocenters. The minimum absolute atomic E-state index is 0.113. The Balaban J connectivity index is 2.73. The number of nitrogens with one attached hydrogen (secondary N) is 1. The van der Waals surface area contributed by atoms with Crippen LogP contribution in [-0.2, 0) is 4.74 Å². The molecular weight excluding hydrogens is 290 g/mol. The van der Waals surface area contributed by atoms with Crippen LogP contribution in [0.2, 0.25) is 0 Å². The van der Waals surface area contributed by atoms with Crippen molar-refractivity contribution in [1.29, 1.82) is 0 Å². The van der Waals surface area contributed by atoms with Crippen molar-refractivity contribution in [3.63, 3.8) is 0 Å². The average Bonchev–Trinajstić information content (AvgIpc) is 2.38. The topological polar surface area (TPSA) is 21.3 Å². The molecule has 1 aromatic carbocycles. The van der Waals surface area contributed by atoms with Gasteiger partial charge in [0, 0.05) is 11.0 Å². The fourth-order valence-electron chi connectivity index (χ4n) is 1.75. The van der Waals surface area contributed by atoms with E-state index in [2.05, 4.69) is 60.2 Å². The number of ether oxygens (including phenoxy) is 1. The van der Waals surface area contributed by atoms with Crippen molar-refractivity contribution < 1.29 is 4.74 Å². The lowest BCUT2D eigenvalue weighted by molar-refractivity contribution is -0.00477. The molecule has 1 rings (SSSR count). The van der Waals surface area contributed by atoms with E-state index in [0.29, 0.717) is 0 Å². The van der Waals surface area contributed by atoms with E-state index in [-0.39, 0.29) is 12.2 Å². The van der Waals surface area contributed by atoms with Gasteiger partial charge in [-0.3, -0.25) is 0 Å². The Kier molecular flexibility index (Phi) is 7.56. The van der Waals surface area contributed by atoms with Gasteiger partial charge in [0.2, 0.25) is 0 Å². The Morgan fingerprint density at radius 3 is 2.61 bits per heavy atom. The Hall–Kier alpha value is -0.380. The standard InChI is InChI=1S/C15H24BrNO/c1-4-10-17-11-15(18-12(3)5-2)13-8-6-7-9-14(13)16/h6-9,12,15,17H,4-5,10-11H2,1-3H3. The van der Waals surface area contributed by atoms with E-state index in [1.54, 1.807) is 0 Å². The van der Waals surface area contributed by atoms with Crippen molar-refractivity contribution in [3.05, 3.63) is 34.3 Å². The molecule has 0 fully saturated rings. The third-order valence-corrected chi connectivity index (χ3v) is 3.70. The van der Waals surface area contributed by atoms with Crippen molar-refractivity contribution in [2.75, 3.05) is 13.1 Å². The maximum Gasteiger partial charge on any atom is 0.0963 e. The first-order valence-corrected chi connectivity index (χ1v) is 7.58. The summed E-state index contributed by atoms with van der Waals surface area (Å²) in [5.41, 5.74) is 1.22. The second-order valence-corrected chi connectivity index (χ2v) is 5.42. The largest absolute Gasteiger partial charge is 0.369 e. The molecule has 1 N–H and O–H groups in total. The zero-order chi connectivity index (χ0) is 13.4. The number of halogens is 1. The molecule has 0 radical (unpaired) electrons. The lowest BCUT2D eigenvalue weighted by Crippen LogP contribution is -2.26. The zero-order valence-electron chi connectivity index (χ0n) is 11.6. The molecule has 0 saturated heterocycles. The molecular formula is C15H24BrNO. The molecule has 102 valence electrons. The van der Waals surface area contributed by atoms with Crippen molar-refractivity contribution >= 4 is 15.9 Å². The predicted molar refractivity (Wildman–Crippen MR) is 80.9 cm³/mol. The number of rotatable bonds is 8. The van der Waals surface area contributed by atoms with E-state index in [1.165, 1.54) is 5.56 Å². The first kappa shape index (κ1) is 15.7. The molecule has 2 unspecified atom stereocenters. The van der Waals surface area contributed by atoms with Crippen molar-refractivity contribution in [2.24, 2.45) is 0 Å². The van der Waals surface area contributed by atoms with Crippen molar-refractivity contribution in [3.8, 4) is 0 Å². The maximum atomic E-state index is 6.12. The molecule has 3 heteroatoms. The molecule has 0 bridgehead atoms. The fourth-order valence-corrected chi connectivity index (χ4v) is 2.29. The summed E-state index contributed by atoms with van der Waals surface area (Å²) < 4.78 is 7.24. The Morgan fingerprint density at radius 2 is 2.00 bits per heavy atom. The van der Waals surface area contributed by atoms with E-state index in [0.717, 1.165) is 30.4 Å². The summed E-state index contributed by atoms with van der Waals surface area (Å²) in [5, 5.41) is 3.44. The van der Waals surface area contributed by atoms with E-state index in [1.807, 2.05) is 6.07 Å². The van der Waals surface area contributed by atoms with Crippen LogP contribution in [0.1, 0.15) is 45.3 Å².